The Balaban J connectivity index is 2.50. The molecule has 0 bridgehead atoms. The molecule has 0 aliphatic heterocycles. The van der Waals surface area contributed by atoms with E-state index in [0.29, 0.717) is 6.54 Å². The monoisotopic (exact) mass is 266 g/mol. The van der Waals surface area contributed by atoms with Crippen LogP contribution >= 0.6 is 0 Å². The van der Waals surface area contributed by atoms with E-state index in [1.165, 1.54) is 19.3 Å². The van der Waals surface area contributed by atoms with Crippen LogP contribution in [0.5, 0.6) is 0 Å². The second-order valence-corrected chi connectivity index (χ2v) is 4.55. The van der Waals surface area contributed by atoms with Crippen molar-refractivity contribution in [2.75, 3.05) is 13.1 Å². The molecule has 0 fully saturated rings. The van der Waals surface area contributed by atoms with Gasteiger partial charge in [0.05, 0.1) is 0 Å². The van der Waals surface area contributed by atoms with Crippen molar-refractivity contribution >= 4 is 5.96 Å². The predicted octanol–water partition coefficient (Wildman–Crippen LogP) is 1.37. The van der Waals surface area contributed by atoms with Gasteiger partial charge in [-0.1, -0.05) is 19.8 Å². The smallest absolute Gasteiger partial charge is 0.191 e. The highest BCUT2D eigenvalue weighted by Crippen LogP contribution is 1.99. The summed E-state index contributed by atoms with van der Waals surface area (Å²) in [5, 5.41) is 14.7. The quantitative estimate of drug-likeness (QED) is 0.444. The van der Waals surface area contributed by atoms with E-state index in [0.717, 1.165) is 30.7 Å². The molecule has 0 atom stereocenters. The van der Waals surface area contributed by atoms with Crippen LogP contribution in [0.3, 0.4) is 0 Å². The van der Waals surface area contributed by atoms with Gasteiger partial charge in [-0.3, -0.25) is 0 Å². The summed E-state index contributed by atoms with van der Waals surface area (Å²) < 4.78 is 1.96. The Morgan fingerprint density at radius 1 is 1.21 bits per heavy atom. The number of hydrogen-bond acceptors (Lipinski definition) is 3. The number of nitrogens with zero attached hydrogens (tertiary/aromatic N) is 4. The van der Waals surface area contributed by atoms with Crippen LogP contribution in [-0.4, -0.2) is 33.8 Å². The Labute approximate surface area is 115 Å². The van der Waals surface area contributed by atoms with Crippen molar-refractivity contribution in [2.24, 2.45) is 12.0 Å². The van der Waals surface area contributed by atoms with Crippen molar-refractivity contribution in [2.45, 2.75) is 46.6 Å². The number of aryl methyl sites for hydroxylation is 1. The van der Waals surface area contributed by atoms with Gasteiger partial charge in [0.2, 0.25) is 0 Å². The molecule has 0 unspecified atom stereocenters. The maximum absolute atomic E-state index is 4.53. The van der Waals surface area contributed by atoms with Crippen LogP contribution in [-0.2, 0) is 13.6 Å². The van der Waals surface area contributed by atoms with Gasteiger partial charge in [0.25, 0.3) is 0 Å². The lowest BCUT2D eigenvalue weighted by Gasteiger charge is -2.10. The molecule has 19 heavy (non-hydrogen) atoms. The Hall–Kier alpha value is -1.59. The zero-order valence-corrected chi connectivity index (χ0v) is 12.5. The molecule has 0 saturated carbocycles. The fourth-order valence-electron chi connectivity index (χ4n) is 1.66. The normalized spacial score (nSPS) is 11.7. The van der Waals surface area contributed by atoms with Crippen molar-refractivity contribution in [3.63, 3.8) is 0 Å². The van der Waals surface area contributed by atoms with Gasteiger partial charge in [-0.15, -0.1) is 10.2 Å². The zero-order valence-electron chi connectivity index (χ0n) is 12.5. The van der Waals surface area contributed by atoms with Crippen molar-refractivity contribution in [3.8, 4) is 0 Å². The van der Waals surface area contributed by atoms with Gasteiger partial charge in [-0.2, -0.15) is 0 Å². The van der Waals surface area contributed by atoms with E-state index in [2.05, 4.69) is 39.7 Å². The predicted molar refractivity (Wildman–Crippen MR) is 78.1 cm³/mol. The molecule has 0 aliphatic carbocycles. The molecule has 6 nitrogen and oxygen atoms in total. The van der Waals surface area contributed by atoms with Crippen LogP contribution in [0.2, 0.25) is 0 Å². The standard InChI is InChI=1S/C13H26N6/c1-5-7-8-9-15-13(14-6-2)16-10-12-18-17-11(3)19(12)4/h5-10H2,1-4H3,(H2,14,15,16). The Morgan fingerprint density at radius 2 is 2.00 bits per heavy atom. The molecule has 1 rings (SSSR count). The maximum atomic E-state index is 4.53. The SMILES string of the molecule is CCCCCNC(=NCc1nnc(C)n1C)NCC. The zero-order chi connectivity index (χ0) is 14.1. The third kappa shape index (κ3) is 5.28. The van der Waals surface area contributed by atoms with Gasteiger partial charge in [-0.05, 0) is 20.3 Å². The summed E-state index contributed by atoms with van der Waals surface area (Å²) in [6, 6.07) is 0. The second kappa shape index (κ2) is 8.50. The molecule has 1 aromatic heterocycles. The highest BCUT2D eigenvalue weighted by Gasteiger charge is 2.04. The van der Waals surface area contributed by atoms with E-state index in [4.69, 9.17) is 0 Å². The molecule has 0 aromatic carbocycles. The molecule has 0 radical (unpaired) electrons. The van der Waals surface area contributed by atoms with Gasteiger partial charge in [-0.25, -0.2) is 4.99 Å². The number of rotatable bonds is 7. The van der Waals surface area contributed by atoms with Crippen LogP contribution in [0.15, 0.2) is 4.99 Å². The maximum Gasteiger partial charge on any atom is 0.191 e. The molecule has 2 N–H and O–H groups in total. The summed E-state index contributed by atoms with van der Waals surface area (Å²) in [7, 11) is 1.96. The first-order valence-electron chi connectivity index (χ1n) is 7.06. The second-order valence-electron chi connectivity index (χ2n) is 4.55. The van der Waals surface area contributed by atoms with Gasteiger partial charge in [0.15, 0.2) is 11.8 Å². The topological polar surface area (TPSA) is 67.1 Å². The van der Waals surface area contributed by atoms with Gasteiger partial charge in [0, 0.05) is 20.1 Å². The third-order valence-corrected chi connectivity index (χ3v) is 2.98. The average Bonchev–Trinajstić information content (AvgIpc) is 2.72. The van der Waals surface area contributed by atoms with E-state index in [1.807, 2.05) is 18.5 Å². The summed E-state index contributed by atoms with van der Waals surface area (Å²) in [4.78, 5) is 4.53. The lowest BCUT2D eigenvalue weighted by Crippen LogP contribution is -2.37. The van der Waals surface area contributed by atoms with Crippen molar-refractivity contribution in [1.29, 1.82) is 0 Å². The first kappa shape index (κ1) is 15.5. The van der Waals surface area contributed by atoms with Gasteiger partial charge in [0.1, 0.15) is 12.4 Å². The number of hydrogen-bond donors (Lipinski definition) is 2. The fourth-order valence-corrected chi connectivity index (χ4v) is 1.66. The number of guanidine groups is 1. The molecule has 108 valence electrons. The molecular formula is C13H26N6. The number of nitrogens with one attached hydrogen (secondary N) is 2. The minimum absolute atomic E-state index is 0.542. The van der Waals surface area contributed by atoms with E-state index >= 15 is 0 Å². The summed E-state index contributed by atoms with van der Waals surface area (Å²) in [5.41, 5.74) is 0. The molecule has 0 spiro atoms. The average molecular weight is 266 g/mol. The summed E-state index contributed by atoms with van der Waals surface area (Å²) in [5.74, 6) is 2.63. The van der Waals surface area contributed by atoms with Crippen molar-refractivity contribution in [3.05, 3.63) is 11.6 Å². The van der Waals surface area contributed by atoms with Crippen LogP contribution in [0.1, 0.15) is 44.8 Å². The third-order valence-electron chi connectivity index (χ3n) is 2.98. The van der Waals surface area contributed by atoms with Crippen LogP contribution < -0.4 is 10.6 Å². The molecule has 0 saturated heterocycles. The lowest BCUT2D eigenvalue weighted by molar-refractivity contribution is 0.681. The first-order valence-corrected chi connectivity index (χ1v) is 7.06. The minimum atomic E-state index is 0.542. The van der Waals surface area contributed by atoms with Crippen LogP contribution in [0, 0.1) is 6.92 Å². The molecular weight excluding hydrogens is 240 g/mol. The highest BCUT2D eigenvalue weighted by molar-refractivity contribution is 5.79. The Bertz CT molecular complexity index is 396. The lowest BCUT2D eigenvalue weighted by atomic mass is 10.2. The van der Waals surface area contributed by atoms with E-state index in [-0.39, 0.29) is 0 Å². The molecule has 0 amide bonds. The van der Waals surface area contributed by atoms with Gasteiger partial charge >= 0.3 is 0 Å². The Morgan fingerprint density at radius 3 is 2.58 bits per heavy atom. The van der Waals surface area contributed by atoms with Crippen molar-refractivity contribution in [1.82, 2.24) is 25.4 Å². The van der Waals surface area contributed by atoms with Crippen LogP contribution in [0.25, 0.3) is 0 Å². The number of unbranched alkanes of at least 4 members (excludes halogenated alkanes) is 2. The number of aliphatic imine (C=N–C) groups is 1. The van der Waals surface area contributed by atoms with Crippen molar-refractivity contribution < 1.29 is 0 Å². The van der Waals surface area contributed by atoms with Gasteiger partial charge < -0.3 is 15.2 Å². The fraction of sp³-hybridized carbons (Fsp3) is 0.769. The first-order chi connectivity index (χ1) is 9.19. The molecule has 0 aliphatic rings. The Kier molecular flexibility index (Phi) is 6.92. The number of aromatic nitrogens is 3. The minimum Gasteiger partial charge on any atom is -0.357 e. The van der Waals surface area contributed by atoms with E-state index in [9.17, 15) is 0 Å². The molecule has 1 heterocycles. The van der Waals surface area contributed by atoms with E-state index < -0.39 is 0 Å². The summed E-state index contributed by atoms with van der Waals surface area (Å²) >= 11 is 0. The van der Waals surface area contributed by atoms with Crippen LogP contribution in [0.4, 0.5) is 0 Å². The molecule has 6 heteroatoms. The largest absolute Gasteiger partial charge is 0.357 e. The highest BCUT2D eigenvalue weighted by atomic mass is 15.3. The molecule has 1 aromatic rings. The summed E-state index contributed by atoms with van der Waals surface area (Å²) in [6.45, 7) is 8.56. The summed E-state index contributed by atoms with van der Waals surface area (Å²) in [6.07, 6.45) is 3.65. The van der Waals surface area contributed by atoms with E-state index in [1.54, 1.807) is 0 Å².